The number of rotatable bonds is 6. The van der Waals surface area contributed by atoms with Crippen molar-refractivity contribution in [2.75, 3.05) is 0 Å². The molecule has 168 valence electrons. The lowest BCUT2D eigenvalue weighted by molar-refractivity contribution is -0.149. The molecule has 1 aliphatic carbocycles. The van der Waals surface area contributed by atoms with Crippen LogP contribution in [0.2, 0.25) is 0 Å². The number of hydrogen-bond donors (Lipinski definition) is 0. The summed E-state index contributed by atoms with van der Waals surface area (Å²) in [7, 11) is 0. The highest BCUT2D eigenvalue weighted by molar-refractivity contribution is 6.30. The number of allylic oxidation sites excluding steroid dienone is 2. The standard InChI is InChI=1S/C23H18ClF4NO3/c1-22(2)17(11-19(24)23(26,27)28)20(22)21(30)32-18(12-29)13-5-3-7-15(9-13)31-16-8-4-6-14(25)10-16/h3-11,17-18,20H,1-2H3/b19-11-/t17-,18+,20-/m0/s1. The van der Waals surface area contributed by atoms with E-state index in [9.17, 15) is 27.6 Å². The van der Waals surface area contributed by atoms with Crippen LogP contribution >= 0.6 is 11.6 Å². The van der Waals surface area contributed by atoms with Crippen molar-refractivity contribution in [3.05, 3.63) is 71.0 Å². The molecule has 2 aromatic rings. The number of alkyl halides is 3. The summed E-state index contributed by atoms with van der Waals surface area (Å²) < 4.78 is 62.4. The summed E-state index contributed by atoms with van der Waals surface area (Å²) in [6.45, 7) is 3.24. The number of hydrogen-bond acceptors (Lipinski definition) is 4. The van der Waals surface area contributed by atoms with E-state index in [4.69, 9.17) is 21.1 Å². The molecule has 1 fully saturated rings. The summed E-state index contributed by atoms with van der Waals surface area (Å²) in [6, 6.07) is 13.5. The fraction of sp³-hybridized carbons (Fsp3) is 0.304. The highest BCUT2D eigenvalue weighted by atomic mass is 35.5. The molecular formula is C23H18ClF4NO3. The van der Waals surface area contributed by atoms with Crippen LogP contribution in [0.3, 0.4) is 0 Å². The molecule has 1 aliphatic rings. The SMILES string of the molecule is CC1(C)[C@H](C(=O)O[C@H](C#N)c2cccc(Oc3cccc(F)c3)c2)[C@@H]1/C=C(\Cl)C(F)(F)F. The van der Waals surface area contributed by atoms with E-state index in [1.54, 1.807) is 32.0 Å². The molecular weight excluding hydrogens is 450 g/mol. The van der Waals surface area contributed by atoms with Crippen molar-refractivity contribution in [2.45, 2.75) is 26.1 Å². The minimum Gasteiger partial charge on any atom is -0.457 e. The maximum absolute atomic E-state index is 13.3. The van der Waals surface area contributed by atoms with Crippen LogP contribution in [-0.2, 0) is 9.53 Å². The highest BCUT2D eigenvalue weighted by Crippen LogP contribution is 2.60. The van der Waals surface area contributed by atoms with Crippen LogP contribution in [0.4, 0.5) is 17.6 Å². The van der Waals surface area contributed by atoms with E-state index in [-0.39, 0.29) is 11.5 Å². The van der Waals surface area contributed by atoms with Crippen LogP contribution in [0.5, 0.6) is 11.5 Å². The Kier molecular flexibility index (Phi) is 6.51. The number of nitrogens with zero attached hydrogens (tertiary/aromatic N) is 1. The molecule has 0 radical (unpaired) electrons. The van der Waals surface area contributed by atoms with Gasteiger partial charge < -0.3 is 9.47 Å². The van der Waals surface area contributed by atoms with Crippen LogP contribution in [-0.4, -0.2) is 12.1 Å². The maximum atomic E-state index is 13.3. The second-order valence-corrected chi connectivity index (χ2v) is 8.32. The third-order valence-corrected chi connectivity index (χ3v) is 5.65. The second-order valence-electron chi connectivity index (χ2n) is 7.92. The molecule has 0 spiro atoms. The van der Waals surface area contributed by atoms with Crippen molar-refractivity contribution in [3.8, 4) is 17.6 Å². The lowest BCUT2D eigenvalue weighted by Crippen LogP contribution is -2.14. The zero-order valence-electron chi connectivity index (χ0n) is 17.0. The van der Waals surface area contributed by atoms with E-state index in [0.717, 1.165) is 6.08 Å². The molecule has 0 heterocycles. The van der Waals surface area contributed by atoms with Gasteiger partial charge in [-0.1, -0.05) is 49.7 Å². The molecule has 0 bridgehead atoms. The Balaban J connectivity index is 1.73. The molecule has 0 N–H and O–H groups in total. The van der Waals surface area contributed by atoms with Crippen molar-refractivity contribution >= 4 is 17.6 Å². The summed E-state index contributed by atoms with van der Waals surface area (Å²) in [5.74, 6) is -2.40. The van der Waals surface area contributed by atoms with Gasteiger partial charge in [0.15, 0.2) is 0 Å². The Morgan fingerprint density at radius 2 is 1.81 bits per heavy atom. The van der Waals surface area contributed by atoms with Gasteiger partial charge in [-0.15, -0.1) is 0 Å². The van der Waals surface area contributed by atoms with Crippen molar-refractivity contribution in [1.82, 2.24) is 0 Å². The van der Waals surface area contributed by atoms with Crippen LogP contribution in [0.1, 0.15) is 25.5 Å². The summed E-state index contributed by atoms with van der Waals surface area (Å²) in [4.78, 5) is 12.6. The zero-order chi connectivity index (χ0) is 23.7. The quantitative estimate of drug-likeness (QED) is 0.351. The lowest BCUT2D eigenvalue weighted by Gasteiger charge is -2.13. The second kappa shape index (κ2) is 8.83. The van der Waals surface area contributed by atoms with Gasteiger partial charge in [0.1, 0.15) is 28.4 Å². The minimum atomic E-state index is -4.70. The van der Waals surface area contributed by atoms with Crippen molar-refractivity contribution in [1.29, 1.82) is 5.26 Å². The van der Waals surface area contributed by atoms with E-state index >= 15 is 0 Å². The molecule has 3 atom stereocenters. The fourth-order valence-electron chi connectivity index (χ4n) is 3.46. The Hall–Kier alpha value is -3.05. The van der Waals surface area contributed by atoms with Crippen molar-refractivity contribution in [3.63, 3.8) is 0 Å². The van der Waals surface area contributed by atoms with Crippen molar-refractivity contribution < 1.29 is 31.8 Å². The number of esters is 1. The molecule has 0 unspecified atom stereocenters. The van der Waals surface area contributed by atoms with Gasteiger partial charge in [0.25, 0.3) is 0 Å². The molecule has 0 saturated heterocycles. The fourth-order valence-corrected chi connectivity index (χ4v) is 3.59. The Morgan fingerprint density at radius 1 is 1.19 bits per heavy atom. The van der Waals surface area contributed by atoms with Crippen LogP contribution in [0.25, 0.3) is 0 Å². The van der Waals surface area contributed by atoms with Gasteiger partial charge >= 0.3 is 12.1 Å². The molecule has 3 rings (SSSR count). The third kappa shape index (κ3) is 5.22. The minimum absolute atomic E-state index is 0.239. The first kappa shape index (κ1) is 23.6. The number of carbonyl (C=O) groups excluding carboxylic acids is 1. The molecule has 0 aliphatic heterocycles. The summed E-state index contributed by atoms with van der Waals surface area (Å²) in [5.41, 5.74) is -0.501. The summed E-state index contributed by atoms with van der Waals surface area (Å²) in [6.07, 6.45) is -5.20. The largest absolute Gasteiger partial charge is 0.457 e. The van der Waals surface area contributed by atoms with E-state index in [1.807, 2.05) is 6.07 Å². The molecule has 0 amide bonds. The summed E-state index contributed by atoms with van der Waals surface area (Å²) >= 11 is 5.31. The van der Waals surface area contributed by atoms with Gasteiger partial charge in [0.2, 0.25) is 6.10 Å². The third-order valence-electron chi connectivity index (χ3n) is 5.31. The Labute approximate surface area is 187 Å². The monoisotopic (exact) mass is 467 g/mol. The first-order chi connectivity index (χ1) is 14.9. The average Bonchev–Trinajstić information content (AvgIpc) is 3.25. The van der Waals surface area contributed by atoms with Crippen LogP contribution in [0.15, 0.2) is 59.6 Å². The topological polar surface area (TPSA) is 59.3 Å². The number of nitriles is 1. The molecule has 9 heteroatoms. The maximum Gasteiger partial charge on any atom is 0.426 e. The number of benzene rings is 2. The van der Waals surface area contributed by atoms with Gasteiger partial charge in [-0.2, -0.15) is 18.4 Å². The molecule has 4 nitrogen and oxygen atoms in total. The van der Waals surface area contributed by atoms with Crippen LogP contribution < -0.4 is 4.74 Å². The highest BCUT2D eigenvalue weighted by Gasteiger charge is 2.62. The molecule has 1 saturated carbocycles. The molecule has 0 aromatic heterocycles. The van der Waals surface area contributed by atoms with Crippen molar-refractivity contribution in [2.24, 2.45) is 17.3 Å². The first-order valence-electron chi connectivity index (χ1n) is 9.51. The first-order valence-corrected chi connectivity index (χ1v) is 9.89. The Bertz CT molecular complexity index is 1090. The normalized spacial score (nSPS) is 20.8. The van der Waals surface area contributed by atoms with Gasteiger partial charge in [-0.25, -0.2) is 4.39 Å². The predicted molar refractivity (Wildman–Crippen MR) is 108 cm³/mol. The van der Waals surface area contributed by atoms with Gasteiger partial charge in [0, 0.05) is 11.6 Å². The lowest BCUT2D eigenvalue weighted by atomic mass is 10.1. The molecule has 32 heavy (non-hydrogen) atoms. The average molecular weight is 468 g/mol. The van der Waals surface area contributed by atoms with E-state index in [0.29, 0.717) is 5.56 Å². The van der Waals surface area contributed by atoms with Gasteiger partial charge in [0.05, 0.1) is 5.92 Å². The van der Waals surface area contributed by atoms with E-state index in [2.05, 4.69) is 0 Å². The number of carbonyl (C=O) groups is 1. The summed E-state index contributed by atoms with van der Waals surface area (Å²) in [5, 5.41) is 8.20. The van der Waals surface area contributed by atoms with E-state index < -0.39 is 46.3 Å². The van der Waals surface area contributed by atoms with E-state index in [1.165, 1.54) is 30.3 Å². The van der Waals surface area contributed by atoms with Crippen LogP contribution in [0, 0.1) is 34.4 Å². The molecule has 2 aromatic carbocycles. The predicted octanol–water partition coefficient (Wildman–Crippen LogP) is 6.68. The number of halogens is 5. The van der Waals surface area contributed by atoms with Gasteiger partial charge in [-0.3, -0.25) is 4.79 Å². The Morgan fingerprint density at radius 3 is 2.41 bits per heavy atom. The smallest absolute Gasteiger partial charge is 0.426 e. The van der Waals surface area contributed by atoms with Gasteiger partial charge in [-0.05, 0) is 35.6 Å². The number of ether oxygens (including phenoxy) is 2. The zero-order valence-corrected chi connectivity index (χ0v) is 17.7.